The SMILES string of the molecule is COC(=O)c1ccccc1NC(=O)C[NH+](C)Cc1ccc2ccccc2c1. The van der Waals surface area contributed by atoms with E-state index in [9.17, 15) is 9.59 Å². The monoisotopic (exact) mass is 363 g/mol. The lowest BCUT2D eigenvalue weighted by molar-refractivity contribution is -0.885. The van der Waals surface area contributed by atoms with Gasteiger partial charge in [-0.2, -0.15) is 0 Å². The van der Waals surface area contributed by atoms with Crippen LogP contribution in [0.3, 0.4) is 0 Å². The fourth-order valence-corrected chi connectivity index (χ4v) is 3.11. The van der Waals surface area contributed by atoms with Gasteiger partial charge < -0.3 is 15.0 Å². The number of benzene rings is 3. The van der Waals surface area contributed by atoms with Gasteiger partial charge in [-0.15, -0.1) is 0 Å². The van der Waals surface area contributed by atoms with Gasteiger partial charge in [-0.1, -0.05) is 48.5 Å². The van der Waals surface area contributed by atoms with E-state index in [4.69, 9.17) is 4.74 Å². The number of quaternary nitrogens is 1. The highest BCUT2D eigenvalue weighted by molar-refractivity contribution is 6.01. The van der Waals surface area contributed by atoms with Crippen LogP contribution < -0.4 is 10.2 Å². The molecule has 0 radical (unpaired) electrons. The van der Waals surface area contributed by atoms with E-state index in [0.717, 1.165) is 11.4 Å². The molecule has 0 bridgehead atoms. The molecule has 3 aromatic carbocycles. The Morgan fingerprint density at radius 2 is 1.67 bits per heavy atom. The summed E-state index contributed by atoms with van der Waals surface area (Å²) < 4.78 is 4.76. The van der Waals surface area contributed by atoms with Gasteiger partial charge in [0.05, 0.1) is 25.4 Å². The van der Waals surface area contributed by atoms with Gasteiger partial charge in [-0.05, 0) is 29.0 Å². The lowest BCUT2D eigenvalue weighted by atomic mass is 10.1. The summed E-state index contributed by atoms with van der Waals surface area (Å²) in [5.41, 5.74) is 1.99. The number of carbonyl (C=O) groups excluding carboxylic acids is 2. The number of carbonyl (C=O) groups is 2. The van der Waals surface area contributed by atoms with Crippen molar-refractivity contribution >= 4 is 28.3 Å². The Kier molecular flexibility index (Phi) is 5.84. The molecule has 3 aromatic rings. The molecule has 0 aliphatic heterocycles. The molecule has 0 fully saturated rings. The minimum absolute atomic E-state index is 0.148. The first-order valence-electron chi connectivity index (χ1n) is 8.83. The molecule has 3 rings (SSSR count). The van der Waals surface area contributed by atoms with Crippen LogP contribution >= 0.6 is 0 Å². The molecule has 1 atom stereocenters. The maximum absolute atomic E-state index is 12.4. The van der Waals surface area contributed by atoms with Gasteiger partial charge in [0.25, 0.3) is 5.91 Å². The van der Waals surface area contributed by atoms with E-state index in [1.807, 2.05) is 19.2 Å². The molecule has 138 valence electrons. The molecule has 0 spiro atoms. The van der Waals surface area contributed by atoms with E-state index in [1.165, 1.54) is 23.4 Å². The number of esters is 1. The van der Waals surface area contributed by atoms with E-state index in [-0.39, 0.29) is 5.91 Å². The summed E-state index contributed by atoms with van der Waals surface area (Å²) in [6, 6.07) is 21.4. The van der Waals surface area contributed by atoms with E-state index in [2.05, 4.69) is 35.6 Å². The molecule has 0 aliphatic carbocycles. The zero-order valence-electron chi connectivity index (χ0n) is 15.5. The number of fused-ring (bicyclic) bond motifs is 1. The van der Waals surface area contributed by atoms with Gasteiger partial charge in [-0.25, -0.2) is 4.79 Å². The van der Waals surface area contributed by atoms with Crippen LogP contribution in [0, 0.1) is 0 Å². The van der Waals surface area contributed by atoms with Crippen molar-refractivity contribution in [3.63, 3.8) is 0 Å². The highest BCUT2D eigenvalue weighted by Crippen LogP contribution is 2.16. The predicted octanol–water partition coefficient (Wildman–Crippen LogP) is 2.28. The van der Waals surface area contributed by atoms with Crippen LogP contribution in [0.25, 0.3) is 10.8 Å². The summed E-state index contributed by atoms with van der Waals surface area (Å²) in [7, 11) is 3.30. The number of rotatable bonds is 6. The van der Waals surface area contributed by atoms with Crippen molar-refractivity contribution in [1.82, 2.24) is 0 Å². The maximum Gasteiger partial charge on any atom is 0.339 e. The smallest absolute Gasteiger partial charge is 0.339 e. The topological polar surface area (TPSA) is 59.8 Å². The highest BCUT2D eigenvalue weighted by Gasteiger charge is 2.16. The van der Waals surface area contributed by atoms with Gasteiger partial charge >= 0.3 is 5.97 Å². The van der Waals surface area contributed by atoms with Gasteiger partial charge in [0.2, 0.25) is 0 Å². The number of amides is 1. The average molecular weight is 363 g/mol. The second-order valence-electron chi connectivity index (χ2n) is 6.58. The maximum atomic E-state index is 12.4. The van der Waals surface area contributed by atoms with E-state index >= 15 is 0 Å². The lowest BCUT2D eigenvalue weighted by Crippen LogP contribution is -3.08. The van der Waals surface area contributed by atoms with E-state index < -0.39 is 5.97 Å². The largest absolute Gasteiger partial charge is 0.465 e. The summed E-state index contributed by atoms with van der Waals surface area (Å²) in [4.78, 5) is 25.3. The van der Waals surface area contributed by atoms with Gasteiger partial charge in [0.15, 0.2) is 6.54 Å². The molecular formula is C22H23N2O3+. The summed E-state index contributed by atoms with van der Waals surface area (Å²) in [6.45, 7) is 1.03. The zero-order chi connectivity index (χ0) is 19.2. The van der Waals surface area contributed by atoms with Crippen LogP contribution in [0.15, 0.2) is 66.7 Å². The lowest BCUT2D eigenvalue weighted by Gasteiger charge is -2.15. The molecule has 1 unspecified atom stereocenters. The Labute approximate surface area is 158 Å². The molecule has 2 N–H and O–H groups in total. The van der Waals surface area contributed by atoms with Crippen molar-refractivity contribution in [2.75, 3.05) is 26.0 Å². The number of hydrogen-bond acceptors (Lipinski definition) is 3. The quantitative estimate of drug-likeness (QED) is 0.661. The number of hydrogen-bond donors (Lipinski definition) is 2. The summed E-state index contributed by atoms with van der Waals surface area (Å²) in [5.74, 6) is -0.618. The predicted molar refractivity (Wildman–Crippen MR) is 106 cm³/mol. The molecule has 0 heterocycles. The third kappa shape index (κ3) is 4.71. The first kappa shape index (κ1) is 18.6. The summed E-state index contributed by atoms with van der Waals surface area (Å²) in [5, 5.41) is 5.21. The summed E-state index contributed by atoms with van der Waals surface area (Å²) >= 11 is 0. The number of nitrogens with one attached hydrogen (secondary N) is 2. The first-order chi connectivity index (χ1) is 13.1. The molecule has 27 heavy (non-hydrogen) atoms. The first-order valence-corrected chi connectivity index (χ1v) is 8.83. The number of anilines is 1. The van der Waals surface area contributed by atoms with Crippen LogP contribution in [0.2, 0.25) is 0 Å². The van der Waals surface area contributed by atoms with E-state index in [0.29, 0.717) is 17.8 Å². The van der Waals surface area contributed by atoms with Gasteiger partial charge in [0.1, 0.15) is 6.54 Å². The van der Waals surface area contributed by atoms with Crippen molar-refractivity contribution in [1.29, 1.82) is 0 Å². The van der Waals surface area contributed by atoms with Crippen molar-refractivity contribution in [3.05, 3.63) is 77.9 Å². The van der Waals surface area contributed by atoms with Crippen LogP contribution in [0.5, 0.6) is 0 Å². The van der Waals surface area contributed by atoms with Gasteiger partial charge in [-0.3, -0.25) is 4.79 Å². The van der Waals surface area contributed by atoms with Crippen LogP contribution in [-0.4, -0.2) is 32.6 Å². The van der Waals surface area contributed by atoms with Crippen molar-refractivity contribution in [2.45, 2.75) is 6.54 Å². The number of ether oxygens (including phenoxy) is 1. The fourth-order valence-electron chi connectivity index (χ4n) is 3.11. The summed E-state index contributed by atoms with van der Waals surface area (Å²) in [6.07, 6.45) is 0. The normalized spacial score (nSPS) is 11.8. The number of para-hydroxylation sites is 1. The number of likely N-dealkylation sites (N-methyl/N-ethyl adjacent to an activating group) is 1. The van der Waals surface area contributed by atoms with E-state index in [1.54, 1.807) is 24.3 Å². The third-order valence-electron chi connectivity index (χ3n) is 4.39. The Morgan fingerprint density at radius 3 is 2.44 bits per heavy atom. The minimum Gasteiger partial charge on any atom is -0.465 e. The van der Waals surface area contributed by atoms with Crippen molar-refractivity contribution in [2.24, 2.45) is 0 Å². The Hall–Kier alpha value is -3.18. The second kappa shape index (κ2) is 8.47. The molecule has 0 aliphatic rings. The standard InChI is InChI=1S/C22H22N2O3/c1-24(14-16-11-12-17-7-3-4-8-18(17)13-16)15-21(25)23-20-10-6-5-9-19(20)22(26)27-2/h3-13H,14-15H2,1-2H3,(H,23,25)/p+1. The fraction of sp³-hybridized carbons (Fsp3) is 0.182. The van der Waals surface area contributed by atoms with Crippen LogP contribution in [0.1, 0.15) is 15.9 Å². The molecule has 5 nitrogen and oxygen atoms in total. The molecular weight excluding hydrogens is 340 g/mol. The molecule has 0 saturated heterocycles. The van der Waals surface area contributed by atoms with Crippen LogP contribution in [-0.2, 0) is 16.1 Å². The third-order valence-corrected chi connectivity index (χ3v) is 4.39. The van der Waals surface area contributed by atoms with Crippen LogP contribution in [0.4, 0.5) is 5.69 Å². The molecule has 0 aromatic heterocycles. The van der Waals surface area contributed by atoms with Gasteiger partial charge in [0, 0.05) is 5.56 Å². The molecule has 5 heteroatoms. The Bertz CT molecular complexity index is 968. The average Bonchev–Trinajstić information content (AvgIpc) is 2.67. The van der Waals surface area contributed by atoms with Crippen molar-refractivity contribution < 1.29 is 19.2 Å². The Morgan fingerprint density at radius 1 is 0.963 bits per heavy atom. The van der Waals surface area contributed by atoms with Crippen molar-refractivity contribution in [3.8, 4) is 0 Å². The minimum atomic E-state index is -0.470. The second-order valence-corrected chi connectivity index (χ2v) is 6.58. The molecule has 1 amide bonds. The Balaban J connectivity index is 1.63. The molecule has 0 saturated carbocycles. The number of methoxy groups -OCH3 is 1. The zero-order valence-corrected chi connectivity index (χ0v) is 15.5. The highest BCUT2D eigenvalue weighted by atomic mass is 16.5.